The Morgan fingerprint density at radius 1 is 1.10 bits per heavy atom. The number of nitrogens with one attached hydrogen (secondary N) is 1. The highest BCUT2D eigenvalue weighted by Crippen LogP contribution is 2.29. The second kappa shape index (κ2) is 9.69. The molecule has 2 aromatic carbocycles. The van der Waals surface area contributed by atoms with E-state index in [2.05, 4.69) is 5.16 Å². The molecule has 0 saturated heterocycles. The number of oxime groups is 1. The first-order valence-corrected chi connectivity index (χ1v) is 10.6. The van der Waals surface area contributed by atoms with Crippen molar-refractivity contribution in [2.45, 2.75) is 31.9 Å². The molecule has 0 radical (unpaired) electrons. The second-order valence-electron chi connectivity index (χ2n) is 5.93. The number of sulfonamides is 1. The van der Waals surface area contributed by atoms with Crippen LogP contribution in [0.3, 0.4) is 0 Å². The van der Waals surface area contributed by atoms with Crippen molar-refractivity contribution in [2.24, 2.45) is 5.16 Å². The Labute approximate surface area is 176 Å². The van der Waals surface area contributed by atoms with Crippen LogP contribution in [0.4, 0.5) is 18.9 Å². The van der Waals surface area contributed by atoms with E-state index >= 15 is 0 Å². The molecule has 0 aromatic heterocycles. The van der Waals surface area contributed by atoms with Crippen molar-refractivity contribution < 1.29 is 26.4 Å². The molecule has 0 bridgehead atoms. The lowest BCUT2D eigenvalue weighted by atomic mass is 10.0. The summed E-state index contributed by atoms with van der Waals surface area (Å²) in [6, 6.07) is 10.6. The third kappa shape index (κ3) is 6.52. The van der Waals surface area contributed by atoms with Gasteiger partial charge in [0.1, 0.15) is 6.61 Å². The van der Waals surface area contributed by atoms with E-state index in [1.54, 1.807) is 29.0 Å². The largest absolute Gasteiger partial charge is 0.516 e. The highest BCUT2D eigenvalue weighted by atomic mass is 35.5. The van der Waals surface area contributed by atoms with E-state index in [1.807, 2.05) is 6.92 Å². The standard InChI is InChI=1S/C18H17Cl2F3N2O3S/c1-2-3-16(24-28-11-12-4-6-13(19)7-5-12)15-10-14(20)8-9-17(15)25-29(26,27)18(21,22)23/h4-10,25H,2-3,11H2,1H3. The Hall–Kier alpha value is -1.97. The van der Waals surface area contributed by atoms with Gasteiger partial charge in [-0.25, -0.2) is 0 Å². The van der Waals surface area contributed by atoms with E-state index in [0.717, 1.165) is 11.6 Å². The van der Waals surface area contributed by atoms with Crippen molar-refractivity contribution in [3.8, 4) is 0 Å². The van der Waals surface area contributed by atoms with Crippen molar-refractivity contribution >= 4 is 44.6 Å². The first-order chi connectivity index (χ1) is 13.5. The van der Waals surface area contributed by atoms with E-state index < -0.39 is 15.5 Å². The highest BCUT2D eigenvalue weighted by Gasteiger charge is 2.46. The van der Waals surface area contributed by atoms with Gasteiger partial charge in [-0.15, -0.1) is 0 Å². The second-order valence-corrected chi connectivity index (χ2v) is 8.48. The Morgan fingerprint density at radius 2 is 1.72 bits per heavy atom. The van der Waals surface area contributed by atoms with Gasteiger partial charge in [0.2, 0.25) is 0 Å². The van der Waals surface area contributed by atoms with Gasteiger partial charge in [0.15, 0.2) is 0 Å². The zero-order valence-corrected chi connectivity index (χ0v) is 17.5. The van der Waals surface area contributed by atoms with Gasteiger partial charge in [-0.3, -0.25) is 4.72 Å². The molecule has 0 spiro atoms. The lowest BCUT2D eigenvalue weighted by Gasteiger charge is -2.15. The van der Waals surface area contributed by atoms with Gasteiger partial charge in [0, 0.05) is 15.6 Å². The quantitative estimate of drug-likeness (QED) is 0.382. The molecule has 29 heavy (non-hydrogen) atoms. The molecule has 11 heteroatoms. The zero-order valence-electron chi connectivity index (χ0n) is 15.1. The maximum absolute atomic E-state index is 12.8. The fraction of sp³-hybridized carbons (Fsp3) is 0.278. The van der Waals surface area contributed by atoms with Gasteiger partial charge in [0.25, 0.3) is 0 Å². The maximum Gasteiger partial charge on any atom is 0.516 e. The van der Waals surface area contributed by atoms with Gasteiger partial charge >= 0.3 is 15.5 Å². The molecule has 0 unspecified atom stereocenters. The van der Waals surface area contributed by atoms with E-state index in [0.29, 0.717) is 17.9 Å². The van der Waals surface area contributed by atoms with Crippen LogP contribution in [-0.2, 0) is 21.5 Å². The number of hydrogen-bond acceptors (Lipinski definition) is 4. The summed E-state index contributed by atoms with van der Waals surface area (Å²) in [5.74, 6) is 0. The lowest BCUT2D eigenvalue weighted by molar-refractivity contribution is -0.0429. The number of halogens is 5. The molecule has 2 rings (SSSR count). The Balaban J connectivity index is 2.33. The predicted octanol–water partition coefficient (Wildman–Crippen LogP) is 5.98. The summed E-state index contributed by atoms with van der Waals surface area (Å²) < 4.78 is 62.8. The van der Waals surface area contributed by atoms with Crippen molar-refractivity contribution in [2.75, 3.05) is 4.72 Å². The summed E-state index contributed by atoms with van der Waals surface area (Å²) in [7, 11) is -5.60. The topological polar surface area (TPSA) is 67.8 Å². The molecular formula is C18H17Cl2F3N2O3S. The maximum atomic E-state index is 12.8. The normalized spacial score (nSPS) is 12.7. The zero-order chi connectivity index (χ0) is 21.7. The first kappa shape index (κ1) is 23.3. The molecule has 0 aliphatic rings. The number of rotatable bonds is 8. The summed E-state index contributed by atoms with van der Waals surface area (Å²) in [6.45, 7) is 1.92. The predicted molar refractivity (Wildman–Crippen MR) is 108 cm³/mol. The van der Waals surface area contributed by atoms with Crippen LogP contribution in [0.2, 0.25) is 10.0 Å². The molecule has 5 nitrogen and oxygen atoms in total. The third-order valence-corrected chi connectivity index (χ3v) is 5.23. The van der Waals surface area contributed by atoms with E-state index in [1.165, 1.54) is 12.1 Å². The highest BCUT2D eigenvalue weighted by molar-refractivity contribution is 7.93. The minimum atomic E-state index is -5.60. The minimum Gasteiger partial charge on any atom is -0.391 e. The van der Waals surface area contributed by atoms with Crippen LogP contribution >= 0.6 is 23.2 Å². The van der Waals surface area contributed by atoms with Crippen LogP contribution in [0, 0.1) is 0 Å². The summed E-state index contributed by atoms with van der Waals surface area (Å²) >= 11 is 11.8. The van der Waals surface area contributed by atoms with E-state index in [4.69, 9.17) is 28.0 Å². The lowest BCUT2D eigenvalue weighted by Crippen LogP contribution is -2.30. The molecule has 0 amide bonds. The van der Waals surface area contributed by atoms with Gasteiger partial charge in [-0.2, -0.15) is 21.6 Å². The van der Waals surface area contributed by atoms with Crippen LogP contribution in [0.5, 0.6) is 0 Å². The summed E-state index contributed by atoms with van der Waals surface area (Å²) in [5.41, 5.74) is -4.63. The van der Waals surface area contributed by atoms with Crippen LogP contribution < -0.4 is 4.72 Å². The van der Waals surface area contributed by atoms with Gasteiger partial charge < -0.3 is 4.84 Å². The van der Waals surface area contributed by atoms with Crippen molar-refractivity contribution in [1.29, 1.82) is 0 Å². The third-order valence-electron chi connectivity index (χ3n) is 3.65. The molecule has 158 valence electrons. The number of hydrogen-bond donors (Lipinski definition) is 1. The Kier molecular flexibility index (Phi) is 7.79. The Bertz CT molecular complexity index is 979. The molecule has 0 fully saturated rings. The molecule has 2 aromatic rings. The number of anilines is 1. The average molecular weight is 469 g/mol. The van der Waals surface area contributed by atoms with Crippen LogP contribution in [-0.4, -0.2) is 19.6 Å². The molecule has 0 atom stereocenters. The number of alkyl halides is 3. The molecular weight excluding hydrogens is 452 g/mol. The summed E-state index contributed by atoms with van der Waals surface area (Å²) in [6.07, 6.45) is 0.906. The smallest absolute Gasteiger partial charge is 0.391 e. The van der Waals surface area contributed by atoms with Gasteiger partial charge in [0.05, 0.1) is 11.4 Å². The SMILES string of the molecule is CCCC(=NOCc1ccc(Cl)cc1)c1cc(Cl)ccc1NS(=O)(=O)C(F)(F)F. The molecule has 0 aliphatic heterocycles. The van der Waals surface area contributed by atoms with Gasteiger partial charge in [-0.05, 0) is 42.3 Å². The van der Waals surface area contributed by atoms with E-state index in [9.17, 15) is 21.6 Å². The van der Waals surface area contributed by atoms with Gasteiger partial charge in [-0.1, -0.05) is 53.8 Å². The molecule has 0 saturated carbocycles. The average Bonchev–Trinajstić information content (AvgIpc) is 2.63. The van der Waals surface area contributed by atoms with Crippen molar-refractivity contribution in [3.63, 3.8) is 0 Å². The first-order valence-electron chi connectivity index (χ1n) is 8.35. The Morgan fingerprint density at radius 3 is 2.31 bits per heavy atom. The number of benzene rings is 2. The number of nitrogens with zero attached hydrogens (tertiary/aromatic N) is 1. The van der Waals surface area contributed by atoms with Crippen LogP contribution in [0.1, 0.15) is 30.9 Å². The monoisotopic (exact) mass is 468 g/mol. The van der Waals surface area contributed by atoms with Crippen LogP contribution in [0.15, 0.2) is 47.6 Å². The minimum absolute atomic E-state index is 0.0918. The molecule has 0 aliphatic carbocycles. The van der Waals surface area contributed by atoms with Crippen molar-refractivity contribution in [1.82, 2.24) is 0 Å². The molecule has 0 heterocycles. The van der Waals surface area contributed by atoms with E-state index in [-0.39, 0.29) is 28.6 Å². The summed E-state index contributed by atoms with van der Waals surface area (Å²) in [4.78, 5) is 5.32. The fourth-order valence-electron chi connectivity index (χ4n) is 2.28. The fourth-order valence-corrected chi connectivity index (χ4v) is 3.16. The molecule has 1 N–H and O–H groups in total. The van der Waals surface area contributed by atoms with Crippen LogP contribution in [0.25, 0.3) is 0 Å². The van der Waals surface area contributed by atoms with Crippen molar-refractivity contribution in [3.05, 3.63) is 63.6 Å². The summed E-state index contributed by atoms with van der Waals surface area (Å²) in [5, 5.41) is 4.77.